The summed E-state index contributed by atoms with van der Waals surface area (Å²) in [4.78, 5) is 4.58. The van der Waals surface area contributed by atoms with Gasteiger partial charge in [0.2, 0.25) is 0 Å². The highest BCUT2D eigenvalue weighted by Crippen LogP contribution is 2.20. The lowest BCUT2D eigenvalue weighted by Gasteiger charge is -2.03. The number of halogens is 1. The average Bonchev–Trinajstić information content (AvgIpc) is 3.16. The van der Waals surface area contributed by atoms with Crippen molar-refractivity contribution in [2.45, 2.75) is 38.6 Å². The Bertz CT molecular complexity index is 569. The fourth-order valence-corrected chi connectivity index (χ4v) is 3.09. The lowest BCUT2D eigenvalue weighted by Crippen LogP contribution is -2.15. The molecular weight excluding hydrogens is 336 g/mol. The van der Waals surface area contributed by atoms with Gasteiger partial charge in [-0.05, 0) is 30.5 Å². The SMILES string of the molecule is Brc1cccc(COCc2csc(CNC3CC3)n2)c1. The Morgan fingerprint density at radius 3 is 3.05 bits per heavy atom. The summed E-state index contributed by atoms with van der Waals surface area (Å²) in [5.41, 5.74) is 2.20. The van der Waals surface area contributed by atoms with Gasteiger partial charge in [0.25, 0.3) is 0 Å². The van der Waals surface area contributed by atoms with Gasteiger partial charge in [-0.15, -0.1) is 11.3 Å². The fourth-order valence-electron chi connectivity index (χ4n) is 1.92. The molecule has 1 heterocycles. The van der Waals surface area contributed by atoms with E-state index in [0.717, 1.165) is 27.8 Å². The van der Waals surface area contributed by atoms with Gasteiger partial charge in [0.05, 0.1) is 18.9 Å². The maximum atomic E-state index is 5.71. The summed E-state index contributed by atoms with van der Waals surface area (Å²) < 4.78 is 6.80. The van der Waals surface area contributed by atoms with Crippen LogP contribution in [0.5, 0.6) is 0 Å². The van der Waals surface area contributed by atoms with Gasteiger partial charge >= 0.3 is 0 Å². The molecule has 0 unspecified atom stereocenters. The minimum Gasteiger partial charge on any atom is -0.370 e. The minimum absolute atomic E-state index is 0.576. The van der Waals surface area contributed by atoms with Gasteiger partial charge in [0.1, 0.15) is 5.01 Å². The lowest BCUT2D eigenvalue weighted by atomic mass is 10.2. The second kappa shape index (κ2) is 6.80. The van der Waals surface area contributed by atoms with Crippen LogP contribution in [0, 0.1) is 0 Å². The number of nitrogens with one attached hydrogen (secondary N) is 1. The fraction of sp³-hybridized carbons (Fsp3) is 0.400. The van der Waals surface area contributed by atoms with Crippen molar-refractivity contribution in [1.82, 2.24) is 10.3 Å². The smallest absolute Gasteiger partial charge is 0.107 e. The van der Waals surface area contributed by atoms with Crippen LogP contribution < -0.4 is 5.32 Å². The predicted octanol–water partition coefficient (Wildman–Crippen LogP) is 3.87. The molecule has 1 saturated carbocycles. The number of nitrogens with zero attached hydrogens (tertiary/aromatic N) is 1. The Labute approximate surface area is 131 Å². The molecule has 2 aromatic rings. The van der Waals surface area contributed by atoms with Crippen LogP contribution in [0.15, 0.2) is 34.1 Å². The van der Waals surface area contributed by atoms with Gasteiger partial charge in [0.15, 0.2) is 0 Å². The molecule has 0 amide bonds. The maximum absolute atomic E-state index is 5.71. The summed E-state index contributed by atoms with van der Waals surface area (Å²) in [6, 6.07) is 8.91. The number of hydrogen-bond acceptors (Lipinski definition) is 4. The standard InChI is InChI=1S/C15H17BrN2OS/c16-12-3-1-2-11(6-12)8-19-9-14-10-20-15(18-14)7-17-13-4-5-13/h1-3,6,10,13,17H,4-5,7-9H2. The van der Waals surface area contributed by atoms with Crippen LogP contribution in [0.2, 0.25) is 0 Å². The average molecular weight is 353 g/mol. The molecule has 5 heteroatoms. The molecule has 20 heavy (non-hydrogen) atoms. The topological polar surface area (TPSA) is 34.1 Å². The lowest BCUT2D eigenvalue weighted by molar-refractivity contribution is 0.105. The van der Waals surface area contributed by atoms with E-state index in [4.69, 9.17) is 4.74 Å². The van der Waals surface area contributed by atoms with Crippen LogP contribution in [0.1, 0.15) is 29.1 Å². The molecule has 0 radical (unpaired) electrons. The van der Waals surface area contributed by atoms with Crippen molar-refractivity contribution in [1.29, 1.82) is 0 Å². The molecule has 106 valence electrons. The monoisotopic (exact) mass is 352 g/mol. The number of hydrogen-bond donors (Lipinski definition) is 1. The summed E-state index contributed by atoms with van der Waals surface area (Å²) in [6.45, 7) is 2.08. The van der Waals surface area contributed by atoms with Gasteiger partial charge < -0.3 is 10.1 Å². The Morgan fingerprint density at radius 1 is 1.35 bits per heavy atom. The van der Waals surface area contributed by atoms with Crippen LogP contribution >= 0.6 is 27.3 Å². The first kappa shape index (κ1) is 14.2. The third-order valence-corrected chi connectivity index (χ3v) is 4.52. The predicted molar refractivity (Wildman–Crippen MR) is 84.6 cm³/mol. The van der Waals surface area contributed by atoms with Crippen molar-refractivity contribution >= 4 is 27.3 Å². The first-order valence-corrected chi connectivity index (χ1v) is 8.46. The van der Waals surface area contributed by atoms with E-state index in [2.05, 4.69) is 43.7 Å². The van der Waals surface area contributed by atoms with Crippen molar-refractivity contribution in [3.63, 3.8) is 0 Å². The second-order valence-corrected chi connectivity index (χ2v) is 6.87. The largest absolute Gasteiger partial charge is 0.370 e. The van der Waals surface area contributed by atoms with E-state index in [0.29, 0.717) is 13.2 Å². The molecule has 3 rings (SSSR count). The number of aromatic nitrogens is 1. The van der Waals surface area contributed by atoms with E-state index in [-0.39, 0.29) is 0 Å². The van der Waals surface area contributed by atoms with Gasteiger partial charge in [-0.3, -0.25) is 0 Å². The highest BCUT2D eigenvalue weighted by Gasteiger charge is 2.20. The Kier molecular flexibility index (Phi) is 4.83. The van der Waals surface area contributed by atoms with Crippen molar-refractivity contribution in [3.8, 4) is 0 Å². The third kappa shape index (κ3) is 4.38. The van der Waals surface area contributed by atoms with E-state index >= 15 is 0 Å². The molecule has 1 fully saturated rings. The van der Waals surface area contributed by atoms with Crippen LogP contribution in [-0.4, -0.2) is 11.0 Å². The van der Waals surface area contributed by atoms with Crippen molar-refractivity contribution in [2.75, 3.05) is 0 Å². The number of ether oxygens (including phenoxy) is 1. The van der Waals surface area contributed by atoms with Crippen LogP contribution in [0.4, 0.5) is 0 Å². The first-order chi connectivity index (χ1) is 9.79. The van der Waals surface area contributed by atoms with E-state index < -0.39 is 0 Å². The Morgan fingerprint density at radius 2 is 2.25 bits per heavy atom. The van der Waals surface area contributed by atoms with E-state index in [1.807, 2.05) is 12.1 Å². The van der Waals surface area contributed by atoms with Crippen molar-refractivity contribution in [2.24, 2.45) is 0 Å². The Balaban J connectivity index is 1.43. The van der Waals surface area contributed by atoms with E-state index in [9.17, 15) is 0 Å². The van der Waals surface area contributed by atoms with Crippen LogP contribution in [0.3, 0.4) is 0 Å². The number of rotatable bonds is 7. The molecular formula is C15H17BrN2OS. The molecule has 1 aliphatic carbocycles. The zero-order valence-corrected chi connectivity index (χ0v) is 13.5. The highest BCUT2D eigenvalue weighted by atomic mass is 79.9. The molecule has 3 nitrogen and oxygen atoms in total. The summed E-state index contributed by atoms with van der Waals surface area (Å²) in [5, 5.41) is 6.72. The van der Waals surface area contributed by atoms with Gasteiger partial charge in [-0.1, -0.05) is 28.1 Å². The third-order valence-electron chi connectivity index (χ3n) is 3.13. The summed E-state index contributed by atoms with van der Waals surface area (Å²) >= 11 is 5.17. The Hall–Kier alpha value is -0.750. The van der Waals surface area contributed by atoms with Crippen LogP contribution in [0.25, 0.3) is 0 Å². The molecule has 1 N–H and O–H groups in total. The normalized spacial score (nSPS) is 14.7. The maximum Gasteiger partial charge on any atom is 0.107 e. The summed E-state index contributed by atoms with van der Waals surface area (Å²) in [6.07, 6.45) is 2.63. The molecule has 0 spiro atoms. The van der Waals surface area contributed by atoms with Crippen molar-refractivity contribution in [3.05, 3.63) is 50.4 Å². The molecule has 1 aromatic carbocycles. The highest BCUT2D eigenvalue weighted by molar-refractivity contribution is 9.10. The first-order valence-electron chi connectivity index (χ1n) is 6.78. The molecule has 0 saturated heterocycles. The summed E-state index contributed by atoms with van der Waals surface area (Å²) in [7, 11) is 0. The van der Waals surface area contributed by atoms with Gasteiger partial charge in [-0.25, -0.2) is 4.98 Å². The molecule has 0 atom stereocenters. The molecule has 0 bridgehead atoms. The van der Waals surface area contributed by atoms with Gasteiger partial charge in [0, 0.05) is 22.4 Å². The quantitative estimate of drug-likeness (QED) is 0.820. The second-order valence-electron chi connectivity index (χ2n) is 5.01. The molecule has 1 aliphatic rings. The van der Waals surface area contributed by atoms with Crippen molar-refractivity contribution < 1.29 is 4.74 Å². The van der Waals surface area contributed by atoms with Crippen LogP contribution in [-0.2, 0) is 24.5 Å². The van der Waals surface area contributed by atoms with E-state index in [1.54, 1.807) is 11.3 Å². The zero-order chi connectivity index (χ0) is 13.8. The number of thiazole rings is 1. The summed E-state index contributed by atoms with van der Waals surface area (Å²) in [5.74, 6) is 0. The molecule has 1 aromatic heterocycles. The minimum atomic E-state index is 0.576. The van der Waals surface area contributed by atoms with Gasteiger partial charge in [-0.2, -0.15) is 0 Å². The zero-order valence-electron chi connectivity index (χ0n) is 11.1. The number of benzene rings is 1. The molecule has 0 aliphatic heterocycles. The van der Waals surface area contributed by atoms with E-state index in [1.165, 1.54) is 18.4 Å².